The van der Waals surface area contributed by atoms with Crippen molar-refractivity contribution >= 4 is 6.21 Å². The predicted molar refractivity (Wildman–Crippen MR) is 60.7 cm³/mol. The summed E-state index contributed by atoms with van der Waals surface area (Å²) >= 11 is 0. The first kappa shape index (κ1) is 12.9. The molecule has 0 aliphatic carbocycles. The molecule has 0 amide bonds. The van der Waals surface area contributed by atoms with Crippen LogP contribution in [0.1, 0.15) is 32.6 Å². The second-order valence-corrected chi connectivity index (χ2v) is 3.09. The highest BCUT2D eigenvalue weighted by Crippen LogP contribution is 1.96. The van der Waals surface area contributed by atoms with Gasteiger partial charge in [-0.3, -0.25) is 0 Å². The van der Waals surface area contributed by atoms with Crippen molar-refractivity contribution in [1.29, 1.82) is 0 Å². The van der Waals surface area contributed by atoms with Crippen molar-refractivity contribution in [2.75, 3.05) is 0 Å². The van der Waals surface area contributed by atoms with E-state index in [0.29, 0.717) is 0 Å². The van der Waals surface area contributed by atoms with Crippen molar-refractivity contribution in [2.45, 2.75) is 38.6 Å². The Balaban J connectivity index is 3.40. The average molecular weight is 196 g/mol. The summed E-state index contributed by atoms with van der Waals surface area (Å²) in [4.78, 5) is 0. The van der Waals surface area contributed by atoms with E-state index in [4.69, 9.17) is 10.9 Å². The number of oxime groups is 1. The van der Waals surface area contributed by atoms with E-state index in [1.807, 2.05) is 6.08 Å². The van der Waals surface area contributed by atoms with Gasteiger partial charge in [0, 0.05) is 6.04 Å². The largest absolute Gasteiger partial charge is 0.411 e. The van der Waals surface area contributed by atoms with E-state index in [2.05, 4.69) is 30.3 Å². The van der Waals surface area contributed by atoms with Crippen LogP contribution in [-0.2, 0) is 0 Å². The molecule has 0 rings (SSSR count). The lowest BCUT2D eigenvalue weighted by Crippen LogP contribution is -2.20. The Morgan fingerprint density at radius 3 is 2.43 bits per heavy atom. The van der Waals surface area contributed by atoms with Crippen LogP contribution in [0.2, 0.25) is 0 Å². The molecule has 0 spiro atoms. The van der Waals surface area contributed by atoms with Crippen molar-refractivity contribution in [1.82, 2.24) is 0 Å². The Morgan fingerprint density at radius 1 is 1.21 bits per heavy atom. The molecule has 0 saturated carbocycles. The van der Waals surface area contributed by atoms with Crippen molar-refractivity contribution < 1.29 is 5.21 Å². The average Bonchev–Trinajstić information content (AvgIpc) is 2.17. The monoisotopic (exact) mass is 196 g/mol. The molecule has 0 bridgehead atoms. The molecule has 14 heavy (non-hydrogen) atoms. The molecule has 0 aliphatic rings. The Morgan fingerprint density at radius 2 is 1.86 bits per heavy atom. The minimum Gasteiger partial charge on any atom is -0.411 e. The molecule has 3 heteroatoms. The van der Waals surface area contributed by atoms with Gasteiger partial charge in [-0.2, -0.15) is 0 Å². The van der Waals surface area contributed by atoms with E-state index in [1.54, 1.807) is 0 Å². The lowest BCUT2D eigenvalue weighted by molar-refractivity contribution is 0.319. The van der Waals surface area contributed by atoms with Crippen LogP contribution < -0.4 is 5.73 Å². The number of unbranched alkanes of at least 4 members (excludes halogenated alkanes) is 1. The molecule has 1 unspecified atom stereocenters. The fraction of sp³-hybridized carbons (Fsp3) is 0.545. The lowest BCUT2D eigenvalue weighted by atomic mass is 10.2. The van der Waals surface area contributed by atoms with Gasteiger partial charge in [-0.25, -0.2) is 0 Å². The Hall–Kier alpha value is -1.09. The highest BCUT2D eigenvalue weighted by molar-refractivity contribution is 5.63. The minimum atomic E-state index is -0.178. The molecule has 0 saturated heterocycles. The Bertz CT molecular complexity index is 197. The zero-order chi connectivity index (χ0) is 10.6. The normalized spacial score (nSPS) is 14.7. The quantitative estimate of drug-likeness (QED) is 0.216. The molecular weight excluding hydrogens is 176 g/mol. The Labute approximate surface area is 86.0 Å². The third kappa shape index (κ3) is 9.00. The molecule has 0 radical (unpaired) electrons. The molecule has 0 aliphatic heterocycles. The maximum Gasteiger partial charge on any atom is 0.0606 e. The molecule has 0 aromatic heterocycles. The zero-order valence-electron chi connectivity index (χ0n) is 8.76. The van der Waals surface area contributed by atoms with Crippen molar-refractivity contribution in [3.05, 3.63) is 24.3 Å². The highest BCUT2D eigenvalue weighted by Gasteiger charge is 1.92. The Kier molecular flexibility index (Phi) is 9.22. The number of rotatable bonds is 7. The van der Waals surface area contributed by atoms with E-state index < -0.39 is 0 Å². The van der Waals surface area contributed by atoms with Crippen LogP contribution in [-0.4, -0.2) is 17.5 Å². The van der Waals surface area contributed by atoms with E-state index in [-0.39, 0.29) is 6.04 Å². The van der Waals surface area contributed by atoms with Gasteiger partial charge in [-0.05, 0) is 25.7 Å². The van der Waals surface area contributed by atoms with Crippen molar-refractivity contribution in [2.24, 2.45) is 10.9 Å². The summed E-state index contributed by atoms with van der Waals surface area (Å²) in [6.45, 7) is 2.12. The van der Waals surface area contributed by atoms with Gasteiger partial charge in [0.25, 0.3) is 0 Å². The topological polar surface area (TPSA) is 58.6 Å². The number of nitrogens with two attached hydrogens (primary N) is 1. The van der Waals surface area contributed by atoms with Crippen molar-refractivity contribution in [3.8, 4) is 0 Å². The molecule has 80 valence electrons. The molecule has 0 fully saturated rings. The van der Waals surface area contributed by atoms with Gasteiger partial charge in [-0.15, -0.1) is 5.16 Å². The van der Waals surface area contributed by atoms with E-state index in [9.17, 15) is 0 Å². The summed E-state index contributed by atoms with van der Waals surface area (Å²) in [7, 11) is 0. The number of nitrogens with zero attached hydrogens (tertiary/aromatic N) is 1. The van der Waals surface area contributed by atoms with Crippen molar-refractivity contribution in [3.63, 3.8) is 0 Å². The van der Waals surface area contributed by atoms with Crippen LogP contribution in [0.15, 0.2) is 29.5 Å². The standard InChI is InChI=1S/C11H20N2O/c1-2-3-4-5-6-7-8-9-11(12)10-13-14/h3-4,7-8,10-11,14H,2,5-6,9,12H2,1H3. The highest BCUT2D eigenvalue weighted by atomic mass is 16.4. The SMILES string of the molecule is CCC=CCCC=CCC(N)C=NO. The van der Waals surface area contributed by atoms with E-state index in [1.165, 1.54) is 6.21 Å². The first-order valence-electron chi connectivity index (χ1n) is 5.04. The fourth-order valence-corrected chi connectivity index (χ4v) is 0.995. The molecular formula is C11H20N2O. The molecule has 0 aromatic rings. The molecule has 0 heterocycles. The number of hydrogen-bond donors (Lipinski definition) is 2. The van der Waals surface area contributed by atoms with Crippen LogP contribution in [0.5, 0.6) is 0 Å². The molecule has 3 N–H and O–H groups in total. The third-order valence-electron chi connectivity index (χ3n) is 1.74. The van der Waals surface area contributed by atoms with Gasteiger partial charge in [0.1, 0.15) is 0 Å². The fourth-order valence-electron chi connectivity index (χ4n) is 0.995. The van der Waals surface area contributed by atoms with Gasteiger partial charge in [0.2, 0.25) is 0 Å². The number of hydrogen-bond acceptors (Lipinski definition) is 3. The summed E-state index contributed by atoms with van der Waals surface area (Å²) in [5.74, 6) is 0. The summed E-state index contributed by atoms with van der Waals surface area (Å²) in [6.07, 6.45) is 13.7. The minimum absolute atomic E-state index is 0.178. The molecule has 3 nitrogen and oxygen atoms in total. The maximum atomic E-state index is 8.19. The third-order valence-corrected chi connectivity index (χ3v) is 1.74. The van der Waals surface area contributed by atoms with E-state index >= 15 is 0 Å². The second-order valence-electron chi connectivity index (χ2n) is 3.09. The van der Waals surface area contributed by atoms with Crippen LogP contribution in [0.4, 0.5) is 0 Å². The summed E-state index contributed by atoms with van der Waals surface area (Å²) in [6, 6.07) is -0.178. The zero-order valence-corrected chi connectivity index (χ0v) is 8.76. The van der Waals surface area contributed by atoms with Gasteiger partial charge < -0.3 is 10.9 Å². The van der Waals surface area contributed by atoms with Gasteiger partial charge in [0.15, 0.2) is 0 Å². The van der Waals surface area contributed by atoms with Gasteiger partial charge >= 0.3 is 0 Å². The first-order chi connectivity index (χ1) is 6.81. The van der Waals surface area contributed by atoms with Crippen LogP contribution >= 0.6 is 0 Å². The molecule has 1 atom stereocenters. The smallest absolute Gasteiger partial charge is 0.0606 e. The summed E-state index contributed by atoms with van der Waals surface area (Å²) in [5, 5.41) is 11.1. The van der Waals surface area contributed by atoms with Gasteiger partial charge in [0.05, 0.1) is 6.21 Å². The van der Waals surface area contributed by atoms with Gasteiger partial charge in [-0.1, -0.05) is 31.2 Å². The number of allylic oxidation sites excluding steroid dienone is 3. The summed E-state index contributed by atoms with van der Waals surface area (Å²) < 4.78 is 0. The van der Waals surface area contributed by atoms with Crippen LogP contribution in [0.25, 0.3) is 0 Å². The van der Waals surface area contributed by atoms with E-state index in [0.717, 1.165) is 25.7 Å². The van der Waals surface area contributed by atoms with Crippen LogP contribution in [0, 0.1) is 0 Å². The predicted octanol–water partition coefficient (Wildman–Crippen LogP) is 2.47. The molecule has 0 aromatic carbocycles. The lowest BCUT2D eigenvalue weighted by Gasteiger charge is -1.97. The second kappa shape index (κ2) is 9.99. The summed E-state index contributed by atoms with van der Waals surface area (Å²) in [5.41, 5.74) is 5.57. The first-order valence-corrected chi connectivity index (χ1v) is 5.04. The maximum absolute atomic E-state index is 8.19. The van der Waals surface area contributed by atoms with Crippen LogP contribution in [0.3, 0.4) is 0 Å².